The third-order valence-electron chi connectivity index (χ3n) is 11.2. The molecule has 0 spiro atoms. The molecule has 244 valence electrons. The summed E-state index contributed by atoms with van der Waals surface area (Å²) < 4.78 is 2.55. The summed E-state index contributed by atoms with van der Waals surface area (Å²) in [5.41, 5.74) is 17.5. The first-order valence-corrected chi connectivity index (χ1v) is 18.3. The van der Waals surface area contributed by atoms with E-state index in [1.807, 2.05) is 0 Å². The maximum Gasteiger partial charge on any atom is 0.252 e. The fourth-order valence-electron chi connectivity index (χ4n) is 8.98. The molecule has 3 nitrogen and oxygen atoms in total. The number of allylic oxidation sites excluding steroid dienone is 3. The Bertz CT molecular complexity index is 2700. The number of rotatable bonds is 5. The van der Waals surface area contributed by atoms with E-state index in [0.29, 0.717) is 0 Å². The summed E-state index contributed by atoms with van der Waals surface area (Å²) in [5, 5.41) is 2.61. The van der Waals surface area contributed by atoms with Crippen LogP contribution in [0.4, 0.5) is 28.4 Å². The highest BCUT2D eigenvalue weighted by atomic mass is 15.2. The van der Waals surface area contributed by atoms with Gasteiger partial charge in [-0.1, -0.05) is 115 Å². The third-order valence-corrected chi connectivity index (χ3v) is 11.2. The monoisotopic (exact) mass is 663 g/mol. The first-order chi connectivity index (χ1) is 25.8. The Labute approximate surface area is 304 Å². The Morgan fingerprint density at radius 3 is 1.92 bits per heavy atom. The molecule has 0 unspecified atom stereocenters. The Balaban J connectivity index is 1.17. The van der Waals surface area contributed by atoms with E-state index in [-0.39, 0.29) is 6.71 Å². The van der Waals surface area contributed by atoms with Gasteiger partial charge in [0.1, 0.15) is 0 Å². The van der Waals surface area contributed by atoms with Crippen LogP contribution in [0.1, 0.15) is 12.8 Å². The normalized spacial score (nSPS) is 14.0. The fourth-order valence-corrected chi connectivity index (χ4v) is 8.98. The van der Waals surface area contributed by atoms with Crippen LogP contribution in [0.15, 0.2) is 188 Å². The van der Waals surface area contributed by atoms with Crippen molar-refractivity contribution in [2.24, 2.45) is 0 Å². The molecule has 0 saturated heterocycles. The van der Waals surface area contributed by atoms with E-state index in [1.165, 1.54) is 72.1 Å². The van der Waals surface area contributed by atoms with Crippen molar-refractivity contribution in [3.8, 4) is 16.8 Å². The van der Waals surface area contributed by atoms with Gasteiger partial charge in [-0.25, -0.2) is 0 Å². The molecule has 8 aromatic rings. The van der Waals surface area contributed by atoms with Crippen LogP contribution in [-0.4, -0.2) is 11.3 Å². The first kappa shape index (κ1) is 29.2. The Kier molecular flexibility index (Phi) is 6.47. The van der Waals surface area contributed by atoms with Gasteiger partial charge in [0.2, 0.25) is 0 Å². The molecule has 0 amide bonds. The smallest absolute Gasteiger partial charge is 0.252 e. The Morgan fingerprint density at radius 1 is 0.500 bits per heavy atom. The molecular formula is C48H34BN3. The second-order valence-corrected chi connectivity index (χ2v) is 14.0. The summed E-state index contributed by atoms with van der Waals surface area (Å²) in [5.74, 6) is 0. The summed E-state index contributed by atoms with van der Waals surface area (Å²) in [7, 11) is 0. The lowest BCUT2D eigenvalue weighted by Crippen LogP contribution is -2.60. The van der Waals surface area contributed by atoms with Gasteiger partial charge in [-0.05, 0) is 107 Å². The second-order valence-electron chi connectivity index (χ2n) is 14.0. The summed E-state index contributed by atoms with van der Waals surface area (Å²) in [6.07, 6.45) is 9.17. The summed E-state index contributed by atoms with van der Waals surface area (Å²) in [6, 6.07) is 60.2. The molecule has 0 bridgehead atoms. The minimum atomic E-state index is 0.132. The number of hydrogen-bond donors (Lipinski definition) is 0. The molecule has 4 heteroatoms. The summed E-state index contributed by atoms with van der Waals surface area (Å²) >= 11 is 0. The molecule has 0 atom stereocenters. The zero-order valence-corrected chi connectivity index (χ0v) is 28.7. The summed E-state index contributed by atoms with van der Waals surface area (Å²) in [6.45, 7) is 0.132. The maximum absolute atomic E-state index is 2.55. The van der Waals surface area contributed by atoms with Crippen molar-refractivity contribution in [1.29, 1.82) is 0 Å². The predicted molar refractivity (Wildman–Crippen MR) is 221 cm³/mol. The molecule has 7 aromatic carbocycles. The average Bonchev–Trinajstić information content (AvgIpc) is 3.56. The van der Waals surface area contributed by atoms with Crippen LogP contribution < -0.4 is 26.2 Å². The van der Waals surface area contributed by atoms with Crippen molar-refractivity contribution in [3.05, 3.63) is 188 Å². The molecule has 0 N–H and O–H groups in total. The molecule has 3 aliphatic rings. The number of para-hydroxylation sites is 5. The lowest BCUT2D eigenvalue weighted by atomic mass is 9.33. The van der Waals surface area contributed by atoms with E-state index in [1.54, 1.807) is 0 Å². The topological polar surface area (TPSA) is 11.4 Å². The van der Waals surface area contributed by atoms with Crippen molar-refractivity contribution in [2.45, 2.75) is 12.8 Å². The zero-order chi connectivity index (χ0) is 34.2. The van der Waals surface area contributed by atoms with E-state index in [2.05, 4.69) is 196 Å². The fraction of sp³-hybridized carbons (Fsp3) is 0.0417. The van der Waals surface area contributed by atoms with E-state index in [4.69, 9.17) is 0 Å². The number of fused-ring (bicyclic) bond motifs is 7. The van der Waals surface area contributed by atoms with Crippen LogP contribution in [0.3, 0.4) is 0 Å². The van der Waals surface area contributed by atoms with Gasteiger partial charge in [0.15, 0.2) is 0 Å². The third kappa shape index (κ3) is 4.28. The average molecular weight is 664 g/mol. The highest BCUT2D eigenvalue weighted by Crippen LogP contribution is 2.43. The quantitative estimate of drug-likeness (QED) is 0.170. The van der Waals surface area contributed by atoms with E-state index >= 15 is 0 Å². The molecule has 0 radical (unpaired) electrons. The highest BCUT2D eigenvalue weighted by Gasteiger charge is 2.42. The van der Waals surface area contributed by atoms with Gasteiger partial charge in [0.05, 0.1) is 5.52 Å². The van der Waals surface area contributed by atoms with Gasteiger partial charge in [-0.3, -0.25) is 0 Å². The van der Waals surface area contributed by atoms with Crippen molar-refractivity contribution in [3.63, 3.8) is 0 Å². The molecule has 1 aromatic heterocycles. The van der Waals surface area contributed by atoms with E-state index < -0.39 is 0 Å². The Morgan fingerprint density at radius 2 is 1.15 bits per heavy atom. The molecule has 2 aliphatic heterocycles. The van der Waals surface area contributed by atoms with Gasteiger partial charge in [0, 0.05) is 56.1 Å². The standard InChI is InChI=1S/C48H34BN3/c1-4-15-35(16-5-1)50(36-17-6-2-7-18-36)38-29-27-33(28-30-38)34-31-45-47-46(32-34)52-43-25-12-10-21-39(43)40-22-14-24-42(48(40)52)49(47)41-23-11-13-26-44(41)51(45)37-19-8-3-9-20-37/h1-2,4-8,10-32H,3,9H2. The Hall–Kier alpha value is -6.52. The summed E-state index contributed by atoms with van der Waals surface area (Å²) in [4.78, 5) is 4.85. The van der Waals surface area contributed by atoms with Crippen LogP contribution >= 0.6 is 0 Å². The van der Waals surface area contributed by atoms with Gasteiger partial charge >= 0.3 is 0 Å². The molecule has 0 saturated carbocycles. The van der Waals surface area contributed by atoms with Crippen LogP contribution in [0.25, 0.3) is 38.6 Å². The minimum Gasteiger partial charge on any atom is -0.312 e. The van der Waals surface area contributed by atoms with Gasteiger partial charge < -0.3 is 14.4 Å². The maximum atomic E-state index is 2.55. The lowest BCUT2D eigenvalue weighted by Gasteiger charge is -2.41. The van der Waals surface area contributed by atoms with Crippen molar-refractivity contribution in [2.75, 3.05) is 9.80 Å². The molecule has 0 fully saturated rings. The predicted octanol–water partition coefficient (Wildman–Crippen LogP) is 10.4. The number of hydrogen-bond acceptors (Lipinski definition) is 2. The molecule has 52 heavy (non-hydrogen) atoms. The minimum absolute atomic E-state index is 0.132. The van der Waals surface area contributed by atoms with E-state index in [9.17, 15) is 0 Å². The van der Waals surface area contributed by atoms with Crippen LogP contribution in [0.2, 0.25) is 0 Å². The highest BCUT2D eigenvalue weighted by molar-refractivity contribution is 7.00. The van der Waals surface area contributed by atoms with Crippen LogP contribution in [0.5, 0.6) is 0 Å². The van der Waals surface area contributed by atoms with Gasteiger partial charge in [-0.15, -0.1) is 0 Å². The molecule has 3 heterocycles. The van der Waals surface area contributed by atoms with Crippen molar-refractivity contribution < 1.29 is 0 Å². The first-order valence-electron chi connectivity index (χ1n) is 18.3. The number of anilines is 5. The van der Waals surface area contributed by atoms with E-state index in [0.717, 1.165) is 29.9 Å². The SMILES string of the molecule is C1=CC(N2c3ccccc3B3c4c2cc(-c2ccc(N(c5ccccc5)c5ccccc5)cc2)cc4-n2c4ccccc4c4cccc3c42)=CCC1. The van der Waals surface area contributed by atoms with Crippen LogP contribution in [0, 0.1) is 0 Å². The number of nitrogens with zero attached hydrogens (tertiary/aromatic N) is 3. The van der Waals surface area contributed by atoms with Crippen molar-refractivity contribution >= 4 is 73.3 Å². The second kappa shape index (κ2) is 11.5. The number of aromatic nitrogens is 1. The largest absolute Gasteiger partial charge is 0.312 e. The van der Waals surface area contributed by atoms with Crippen molar-refractivity contribution in [1.82, 2.24) is 4.57 Å². The lowest BCUT2D eigenvalue weighted by molar-refractivity contribution is 0.997. The zero-order valence-electron chi connectivity index (χ0n) is 28.7. The molecule has 1 aliphatic carbocycles. The van der Waals surface area contributed by atoms with Crippen LogP contribution in [-0.2, 0) is 0 Å². The van der Waals surface area contributed by atoms with Gasteiger partial charge in [0.25, 0.3) is 6.71 Å². The van der Waals surface area contributed by atoms with Gasteiger partial charge in [-0.2, -0.15) is 0 Å². The number of benzene rings is 7. The molecule has 11 rings (SSSR count). The molecular weight excluding hydrogens is 629 g/mol.